The van der Waals surface area contributed by atoms with Gasteiger partial charge in [0.05, 0.1) is 27.0 Å². The molecular formula is C26H21Cl2N3O2S. The lowest BCUT2D eigenvalue weighted by molar-refractivity contribution is 0.102. The van der Waals surface area contributed by atoms with Crippen LogP contribution in [0.15, 0.2) is 72.9 Å². The molecule has 0 bridgehead atoms. The summed E-state index contributed by atoms with van der Waals surface area (Å²) in [6.07, 6.45) is 3.68. The van der Waals surface area contributed by atoms with Crippen LogP contribution in [-0.4, -0.2) is 27.4 Å². The van der Waals surface area contributed by atoms with Crippen molar-refractivity contribution >= 4 is 62.2 Å². The Morgan fingerprint density at radius 1 is 0.971 bits per heavy atom. The highest BCUT2D eigenvalue weighted by atomic mass is 35.5. The first-order valence-electron chi connectivity index (χ1n) is 10.9. The monoisotopic (exact) mass is 509 g/mol. The van der Waals surface area contributed by atoms with Gasteiger partial charge in [0, 0.05) is 35.1 Å². The van der Waals surface area contributed by atoms with E-state index in [-0.39, 0.29) is 5.91 Å². The van der Waals surface area contributed by atoms with Crippen LogP contribution in [0.2, 0.25) is 10.0 Å². The molecule has 3 aromatic carbocycles. The van der Waals surface area contributed by atoms with Gasteiger partial charge in [-0.05, 0) is 60.7 Å². The van der Waals surface area contributed by atoms with Crippen LogP contribution in [0.3, 0.4) is 0 Å². The minimum Gasteiger partial charge on any atom is -0.322 e. The van der Waals surface area contributed by atoms with Crippen LogP contribution in [-0.2, 0) is 11.0 Å². The van der Waals surface area contributed by atoms with Crippen molar-refractivity contribution in [1.29, 1.82) is 0 Å². The lowest BCUT2D eigenvalue weighted by Crippen LogP contribution is -2.33. The molecule has 0 radical (unpaired) electrons. The second-order valence-corrected chi connectivity index (χ2v) is 10.3. The van der Waals surface area contributed by atoms with Gasteiger partial charge in [-0.3, -0.25) is 14.1 Å². The van der Waals surface area contributed by atoms with Crippen molar-refractivity contribution in [1.82, 2.24) is 4.98 Å². The zero-order chi connectivity index (χ0) is 23.7. The molecule has 0 spiro atoms. The highest BCUT2D eigenvalue weighted by molar-refractivity contribution is 7.86. The molecule has 1 saturated heterocycles. The molecule has 34 heavy (non-hydrogen) atoms. The maximum absolute atomic E-state index is 13.0. The Labute approximate surface area is 210 Å². The molecule has 1 atom stereocenters. The molecule has 1 N–H and O–H groups in total. The van der Waals surface area contributed by atoms with Crippen LogP contribution in [0.5, 0.6) is 0 Å². The Morgan fingerprint density at radius 2 is 1.82 bits per heavy atom. The summed E-state index contributed by atoms with van der Waals surface area (Å²) in [4.78, 5) is 17.6. The molecule has 2 heterocycles. The van der Waals surface area contributed by atoms with E-state index in [1.54, 1.807) is 36.5 Å². The molecule has 1 amide bonds. The SMILES string of the molecule is O=C(Nc1ccc(Cl)c(-c2nccc3ccccc23)c1)c1ccc(N2CCCCS2=O)cc1Cl. The van der Waals surface area contributed by atoms with Crippen molar-refractivity contribution < 1.29 is 9.00 Å². The molecule has 1 fully saturated rings. The average Bonchev–Trinajstić information content (AvgIpc) is 2.85. The fourth-order valence-corrected chi connectivity index (χ4v) is 5.92. The van der Waals surface area contributed by atoms with E-state index in [0.717, 1.165) is 40.6 Å². The van der Waals surface area contributed by atoms with Crippen LogP contribution in [0, 0.1) is 0 Å². The lowest BCUT2D eigenvalue weighted by Gasteiger charge is -2.27. The third-order valence-corrected chi connectivity index (χ3v) is 7.98. The van der Waals surface area contributed by atoms with Gasteiger partial charge in [-0.1, -0.05) is 47.5 Å². The summed E-state index contributed by atoms with van der Waals surface area (Å²) in [6, 6.07) is 20.4. The largest absolute Gasteiger partial charge is 0.322 e. The summed E-state index contributed by atoms with van der Waals surface area (Å²) in [6.45, 7) is 0.713. The van der Waals surface area contributed by atoms with Crippen LogP contribution < -0.4 is 9.62 Å². The highest BCUT2D eigenvalue weighted by Crippen LogP contribution is 2.34. The average molecular weight is 510 g/mol. The summed E-state index contributed by atoms with van der Waals surface area (Å²) in [5, 5.41) is 5.79. The fourth-order valence-electron chi connectivity index (χ4n) is 4.10. The van der Waals surface area contributed by atoms with Gasteiger partial charge < -0.3 is 5.32 Å². The summed E-state index contributed by atoms with van der Waals surface area (Å²) in [7, 11) is -1.06. The molecule has 172 valence electrons. The molecule has 1 unspecified atom stereocenters. The molecule has 5 nitrogen and oxygen atoms in total. The maximum Gasteiger partial charge on any atom is 0.257 e. The minimum atomic E-state index is -1.06. The normalized spacial score (nSPS) is 15.9. The number of anilines is 2. The number of halogens is 2. The third kappa shape index (κ3) is 4.53. The topological polar surface area (TPSA) is 62.3 Å². The fraction of sp³-hybridized carbons (Fsp3) is 0.154. The molecule has 0 aliphatic carbocycles. The molecule has 5 rings (SSSR count). The lowest BCUT2D eigenvalue weighted by atomic mass is 10.0. The quantitative estimate of drug-likeness (QED) is 0.331. The number of nitrogens with one attached hydrogen (secondary N) is 1. The smallest absolute Gasteiger partial charge is 0.257 e. The van der Waals surface area contributed by atoms with E-state index >= 15 is 0 Å². The van der Waals surface area contributed by atoms with Crippen LogP contribution >= 0.6 is 23.2 Å². The zero-order valence-electron chi connectivity index (χ0n) is 18.1. The van der Waals surface area contributed by atoms with Crippen molar-refractivity contribution in [2.24, 2.45) is 0 Å². The van der Waals surface area contributed by atoms with Crippen molar-refractivity contribution in [3.8, 4) is 11.3 Å². The molecule has 8 heteroatoms. The van der Waals surface area contributed by atoms with Gasteiger partial charge in [-0.2, -0.15) is 0 Å². The Kier molecular flexibility index (Phi) is 6.55. The first-order chi connectivity index (χ1) is 16.5. The van der Waals surface area contributed by atoms with Gasteiger partial charge in [0.25, 0.3) is 5.91 Å². The minimum absolute atomic E-state index is 0.308. The number of pyridine rings is 1. The number of amides is 1. The number of benzene rings is 3. The summed E-state index contributed by atoms with van der Waals surface area (Å²) in [5.41, 5.74) is 3.15. The van der Waals surface area contributed by atoms with Gasteiger partial charge in [0.1, 0.15) is 11.0 Å². The van der Waals surface area contributed by atoms with Crippen molar-refractivity contribution in [3.63, 3.8) is 0 Å². The van der Waals surface area contributed by atoms with Crippen molar-refractivity contribution in [2.75, 3.05) is 21.9 Å². The van der Waals surface area contributed by atoms with E-state index in [1.807, 2.05) is 40.7 Å². The van der Waals surface area contributed by atoms with E-state index in [0.29, 0.717) is 33.6 Å². The third-order valence-electron chi connectivity index (χ3n) is 5.81. The van der Waals surface area contributed by atoms with E-state index in [2.05, 4.69) is 10.3 Å². The Bertz CT molecular complexity index is 1420. The number of hydrogen-bond donors (Lipinski definition) is 1. The predicted molar refractivity (Wildman–Crippen MR) is 141 cm³/mol. The van der Waals surface area contributed by atoms with E-state index < -0.39 is 11.0 Å². The summed E-state index contributed by atoms with van der Waals surface area (Å²) >= 11 is 13.0. The van der Waals surface area contributed by atoms with Crippen LogP contribution in [0.25, 0.3) is 22.0 Å². The summed E-state index contributed by atoms with van der Waals surface area (Å²) in [5.74, 6) is 0.306. The molecular weight excluding hydrogens is 489 g/mol. The molecule has 4 aromatic rings. The van der Waals surface area contributed by atoms with E-state index in [9.17, 15) is 9.00 Å². The molecule has 1 aromatic heterocycles. The van der Waals surface area contributed by atoms with Gasteiger partial charge in [0.15, 0.2) is 0 Å². The first-order valence-corrected chi connectivity index (χ1v) is 12.9. The number of nitrogens with zero attached hydrogens (tertiary/aromatic N) is 2. The molecule has 1 aliphatic rings. The van der Waals surface area contributed by atoms with Gasteiger partial charge >= 0.3 is 0 Å². The summed E-state index contributed by atoms with van der Waals surface area (Å²) < 4.78 is 14.2. The van der Waals surface area contributed by atoms with Gasteiger partial charge in [-0.25, -0.2) is 4.21 Å². The van der Waals surface area contributed by atoms with Crippen molar-refractivity contribution in [3.05, 3.63) is 88.5 Å². The molecule has 1 aliphatic heterocycles. The van der Waals surface area contributed by atoms with E-state index in [1.165, 1.54) is 0 Å². The van der Waals surface area contributed by atoms with Crippen LogP contribution in [0.4, 0.5) is 11.4 Å². The Hall–Kier alpha value is -2.93. The maximum atomic E-state index is 13.0. The predicted octanol–water partition coefficient (Wildman–Crippen LogP) is 6.72. The molecule has 0 saturated carbocycles. The van der Waals surface area contributed by atoms with Crippen molar-refractivity contribution in [2.45, 2.75) is 12.8 Å². The number of aromatic nitrogens is 1. The van der Waals surface area contributed by atoms with Gasteiger partial charge in [0.2, 0.25) is 0 Å². The second-order valence-electron chi connectivity index (χ2n) is 8.03. The second kappa shape index (κ2) is 9.74. The first kappa shape index (κ1) is 22.8. The number of carbonyl (C=O) groups is 1. The van der Waals surface area contributed by atoms with Gasteiger partial charge in [-0.15, -0.1) is 0 Å². The number of rotatable bonds is 4. The van der Waals surface area contributed by atoms with Crippen LogP contribution in [0.1, 0.15) is 23.2 Å². The number of carbonyl (C=O) groups excluding carboxylic acids is 1. The standard InChI is InChI=1S/C26H21Cl2N3O2S/c27-23-10-7-18(15-22(23)25-20-6-2-1-5-17(20)11-12-29-25)30-26(32)21-9-8-19(16-24(21)28)31-13-3-4-14-34(31)33/h1-2,5-12,15-16H,3-4,13-14H2,(H,30,32). The highest BCUT2D eigenvalue weighted by Gasteiger charge is 2.20. The number of fused-ring (bicyclic) bond motifs is 1. The zero-order valence-corrected chi connectivity index (χ0v) is 20.5. The number of hydrogen-bond acceptors (Lipinski definition) is 3. The Morgan fingerprint density at radius 3 is 2.65 bits per heavy atom. The van der Waals surface area contributed by atoms with E-state index in [4.69, 9.17) is 23.2 Å². The Balaban J connectivity index is 1.42.